The van der Waals surface area contributed by atoms with E-state index in [1.54, 1.807) is 23.4 Å². The van der Waals surface area contributed by atoms with Crippen LogP contribution in [0.3, 0.4) is 0 Å². The van der Waals surface area contributed by atoms with Crippen molar-refractivity contribution in [1.29, 1.82) is 0 Å². The maximum Gasteiger partial charge on any atom is 0.324 e. The van der Waals surface area contributed by atoms with Crippen molar-refractivity contribution in [2.24, 2.45) is 0 Å². The number of nitrogens with one attached hydrogen (secondary N) is 1. The second kappa shape index (κ2) is 6.83. The molecule has 2 amide bonds. The highest BCUT2D eigenvalue weighted by Crippen LogP contribution is 2.21. The summed E-state index contributed by atoms with van der Waals surface area (Å²) in [5.41, 5.74) is 0. The van der Waals surface area contributed by atoms with Crippen molar-refractivity contribution < 1.29 is 14.7 Å². The Balaban J connectivity index is 1.96. The number of likely N-dealkylation sites (tertiary alicyclic amines) is 1. The third-order valence-corrected chi connectivity index (χ3v) is 3.36. The van der Waals surface area contributed by atoms with Crippen LogP contribution in [0.2, 0.25) is 0 Å². The Hall–Kier alpha value is -2.18. The molecule has 1 fully saturated rings. The molecule has 108 valence electrons. The molecule has 1 atom stereocenters. The Labute approximate surface area is 117 Å². The first-order chi connectivity index (χ1) is 9.66. The maximum atomic E-state index is 12.2. The van der Waals surface area contributed by atoms with Crippen LogP contribution in [-0.4, -0.2) is 44.6 Å². The fourth-order valence-electron chi connectivity index (χ4n) is 2.39. The first kappa shape index (κ1) is 14.2. The van der Waals surface area contributed by atoms with Crippen molar-refractivity contribution >= 4 is 17.9 Å². The zero-order chi connectivity index (χ0) is 14.4. The highest BCUT2D eigenvalue weighted by molar-refractivity contribution is 5.87. The molecule has 7 nitrogen and oxygen atoms in total. The lowest BCUT2D eigenvalue weighted by Crippen LogP contribution is -2.46. The number of hydrogen-bond donors (Lipinski definition) is 2. The summed E-state index contributed by atoms with van der Waals surface area (Å²) in [6.07, 6.45) is 6.48. The van der Waals surface area contributed by atoms with Crippen molar-refractivity contribution in [2.45, 2.75) is 38.1 Å². The molecule has 2 N–H and O–H groups in total. The summed E-state index contributed by atoms with van der Waals surface area (Å²) in [5, 5.41) is 11.4. The van der Waals surface area contributed by atoms with E-state index in [9.17, 15) is 9.59 Å². The summed E-state index contributed by atoms with van der Waals surface area (Å²) in [4.78, 5) is 32.5. The summed E-state index contributed by atoms with van der Waals surface area (Å²) in [6.45, 7) is 0.642. The Morgan fingerprint density at radius 2 is 2.10 bits per heavy atom. The molecule has 0 aromatic carbocycles. The first-order valence-corrected chi connectivity index (χ1v) is 6.73. The van der Waals surface area contributed by atoms with Crippen LogP contribution in [-0.2, 0) is 4.79 Å². The van der Waals surface area contributed by atoms with Gasteiger partial charge in [-0.25, -0.2) is 14.8 Å². The van der Waals surface area contributed by atoms with Crippen molar-refractivity contribution in [2.75, 3.05) is 11.9 Å². The minimum Gasteiger partial charge on any atom is -0.481 e. The monoisotopic (exact) mass is 278 g/mol. The highest BCUT2D eigenvalue weighted by Gasteiger charge is 2.27. The standard InChI is InChI=1S/C13H18N4O3/c18-11(19)6-5-10-4-1-2-9-17(10)13(20)16-12-14-7-3-8-15-12/h3,7-8,10H,1-2,4-6,9H2,(H,18,19)(H,14,15,16,20). The van der Waals surface area contributed by atoms with E-state index in [0.717, 1.165) is 19.3 Å². The van der Waals surface area contributed by atoms with Gasteiger partial charge in [0.15, 0.2) is 0 Å². The molecule has 0 bridgehead atoms. The number of piperidine rings is 1. The third-order valence-electron chi connectivity index (χ3n) is 3.36. The van der Waals surface area contributed by atoms with Crippen LogP contribution in [0.1, 0.15) is 32.1 Å². The van der Waals surface area contributed by atoms with Crippen molar-refractivity contribution in [3.05, 3.63) is 18.5 Å². The summed E-state index contributed by atoms with van der Waals surface area (Å²) < 4.78 is 0. The van der Waals surface area contributed by atoms with Crippen LogP contribution < -0.4 is 5.32 Å². The molecule has 1 aromatic heterocycles. The fourth-order valence-corrected chi connectivity index (χ4v) is 2.39. The summed E-state index contributed by atoms with van der Waals surface area (Å²) >= 11 is 0. The van der Waals surface area contributed by atoms with E-state index in [-0.39, 0.29) is 24.4 Å². The molecule has 0 radical (unpaired) electrons. The van der Waals surface area contributed by atoms with Gasteiger partial charge in [-0.1, -0.05) is 0 Å². The average molecular weight is 278 g/mol. The van der Waals surface area contributed by atoms with E-state index in [4.69, 9.17) is 5.11 Å². The van der Waals surface area contributed by atoms with Gasteiger partial charge >= 0.3 is 12.0 Å². The molecule has 0 saturated carbocycles. The number of rotatable bonds is 4. The van der Waals surface area contributed by atoms with Gasteiger partial charge in [-0.2, -0.15) is 0 Å². The molecule has 1 aromatic rings. The van der Waals surface area contributed by atoms with Gasteiger partial charge < -0.3 is 10.0 Å². The number of anilines is 1. The van der Waals surface area contributed by atoms with E-state index < -0.39 is 5.97 Å². The van der Waals surface area contributed by atoms with Crippen LogP contribution in [0.25, 0.3) is 0 Å². The van der Waals surface area contributed by atoms with Crippen LogP contribution in [0.4, 0.5) is 10.7 Å². The lowest BCUT2D eigenvalue weighted by molar-refractivity contribution is -0.137. The Morgan fingerprint density at radius 1 is 1.35 bits per heavy atom. The molecule has 0 spiro atoms. The normalized spacial score (nSPS) is 18.6. The summed E-state index contributed by atoms with van der Waals surface area (Å²) in [6, 6.07) is 1.39. The SMILES string of the molecule is O=C(O)CCC1CCCCN1C(=O)Nc1ncccn1. The van der Waals surface area contributed by atoms with Gasteiger partial charge in [0.05, 0.1) is 0 Å². The van der Waals surface area contributed by atoms with E-state index >= 15 is 0 Å². The minimum absolute atomic E-state index is 0.0245. The highest BCUT2D eigenvalue weighted by atomic mass is 16.4. The Morgan fingerprint density at radius 3 is 2.80 bits per heavy atom. The number of nitrogens with zero attached hydrogens (tertiary/aromatic N) is 3. The molecule has 1 saturated heterocycles. The van der Waals surface area contributed by atoms with E-state index in [0.29, 0.717) is 13.0 Å². The molecule has 1 aliphatic rings. The topological polar surface area (TPSA) is 95.4 Å². The second-order valence-electron chi connectivity index (χ2n) is 4.78. The number of carboxylic acid groups (broad SMARTS) is 1. The van der Waals surface area contributed by atoms with E-state index in [1.807, 2.05) is 0 Å². The molecular formula is C13H18N4O3. The van der Waals surface area contributed by atoms with Crippen LogP contribution in [0, 0.1) is 0 Å². The van der Waals surface area contributed by atoms with Gasteiger partial charge in [0.25, 0.3) is 0 Å². The molecule has 20 heavy (non-hydrogen) atoms. The van der Waals surface area contributed by atoms with Gasteiger partial charge in [0.1, 0.15) is 0 Å². The van der Waals surface area contributed by atoms with Crippen LogP contribution in [0.15, 0.2) is 18.5 Å². The van der Waals surface area contributed by atoms with Crippen molar-refractivity contribution in [1.82, 2.24) is 14.9 Å². The molecule has 0 aliphatic carbocycles. The van der Waals surface area contributed by atoms with Crippen molar-refractivity contribution in [3.8, 4) is 0 Å². The number of carbonyl (C=O) groups excluding carboxylic acids is 1. The van der Waals surface area contributed by atoms with E-state index in [1.165, 1.54) is 0 Å². The van der Waals surface area contributed by atoms with Gasteiger partial charge in [-0.15, -0.1) is 0 Å². The molecule has 2 rings (SSSR count). The van der Waals surface area contributed by atoms with Crippen molar-refractivity contribution in [3.63, 3.8) is 0 Å². The Bertz CT molecular complexity index is 466. The Kier molecular flexibility index (Phi) is 4.86. The number of carbonyl (C=O) groups is 2. The number of carboxylic acids is 1. The zero-order valence-electron chi connectivity index (χ0n) is 11.2. The zero-order valence-corrected chi connectivity index (χ0v) is 11.2. The quantitative estimate of drug-likeness (QED) is 0.874. The number of amides is 2. The maximum absolute atomic E-state index is 12.2. The lowest BCUT2D eigenvalue weighted by Gasteiger charge is -2.35. The first-order valence-electron chi connectivity index (χ1n) is 6.73. The van der Waals surface area contributed by atoms with Gasteiger partial charge in [-0.3, -0.25) is 10.1 Å². The largest absolute Gasteiger partial charge is 0.481 e. The number of hydrogen-bond acceptors (Lipinski definition) is 4. The van der Waals surface area contributed by atoms with E-state index in [2.05, 4.69) is 15.3 Å². The van der Waals surface area contributed by atoms with Gasteiger partial charge in [0, 0.05) is 31.4 Å². The lowest BCUT2D eigenvalue weighted by atomic mass is 9.98. The minimum atomic E-state index is -0.831. The second-order valence-corrected chi connectivity index (χ2v) is 4.78. The molecule has 1 aliphatic heterocycles. The number of aromatic nitrogens is 2. The van der Waals surface area contributed by atoms with Gasteiger partial charge in [0.2, 0.25) is 5.95 Å². The van der Waals surface area contributed by atoms with Crippen LogP contribution in [0.5, 0.6) is 0 Å². The molecule has 1 unspecified atom stereocenters. The smallest absolute Gasteiger partial charge is 0.324 e. The molecule has 2 heterocycles. The molecule has 7 heteroatoms. The predicted molar refractivity (Wildman–Crippen MR) is 72.3 cm³/mol. The predicted octanol–water partition coefficient (Wildman–Crippen LogP) is 1.73. The van der Waals surface area contributed by atoms with Crippen LogP contribution >= 0.6 is 0 Å². The summed E-state index contributed by atoms with van der Waals surface area (Å²) in [5.74, 6) is -0.567. The third kappa shape index (κ3) is 3.91. The average Bonchev–Trinajstić information content (AvgIpc) is 2.46. The summed E-state index contributed by atoms with van der Waals surface area (Å²) in [7, 11) is 0. The molecular weight excluding hydrogens is 260 g/mol. The number of urea groups is 1. The number of aliphatic carboxylic acids is 1. The van der Waals surface area contributed by atoms with Gasteiger partial charge in [-0.05, 0) is 31.7 Å². The fraction of sp³-hybridized carbons (Fsp3) is 0.538.